The summed E-state index contributed by atoms with van der Waals surface area (Å²) < 4.78 is 13.3. The lowest BCUT2D eigenvalue weighted by atomic mass is 9.76. The molecule has 21 heavy (non-hydrogen) atoms. The summed E-state index contributed by atoms with van der Waals surface area (Å²) >= 11 is 0. The average Bonchev–Trinajstić information content (AvgIpc) is 2.99. The predicted molar refractivity (Wildman–Crippen MR) is 81.6 cm³/mol. The Morgan fingerprint density at radius 2 is 2.10 bits per heavy atom. The lowest BCUT2D eigenvalue weighted by Gasteiger charge is -2.28. The van der Waals surface area contributed by atoms with E-state index in [1.165, 1.54) is 23.7 Å². The SMILES string of the molecule is CC1(C)CCc2c(-c3cc4cc(F)ccc4[nH]3)n[nH]c2C1. The minimum absolute atomic E-state index is 0.209. The van der Waals surface area contributed by atoms with Gasteiger partial charge in [-0.1, -0.05) is 13.8 Å². The Labute approximate surface area is 122 Å². The lowest BCUT2D eigenvalue weighted by Crippen LogP contribution is -2.21. The van der Waals surface area contributed by atoms with Crippen molar-refractivity contribution in [1.82, 2.24) is 15.2 Å². The minimum Gasteiger partial charge on any atom is -0.353 e. The second kappa shape index (κ2) is 4.20. The maximum absolute atomic E-state index is 13.3. The molecule has 0 fully saturated rings. The summed E-state index contributed by atoms with van der Waals surface area (Å²) in [5.74, 6) is -0.209. The van der Waals surface area contributed by atoms with Crippen LogP contribution < -0.4 is 0 Å². The molecule has 0 aliphatic heterocycles. The van der Waals surface area contributed by atoms with Gasteiger partial charge in [-0.3, -0.25) is 5.10 Å². The van der Waals surface area contributed by atoms with Gasteiger partial charge in [-0.15, -0.1) is 0 Å². The molecule has 0 bridgehead atoms. The van der Waals surface area contributed by atoms with Crippen molar-refractivity contribution in [3.8, 4) is 11.4 Å². The molecule has 4 heteroatoms. The molecule has 1 aliphatic carbocycles. The third kappa shape index (κ3) is 2.06. The van der Waals surface area contributed by atoms with Crippen LogP contribution in [0.2, 0.25) is 0 Å². The maximum atomic E-state index is 13.3. The van der Waals surface area contributed by atoms with Crippen LogP contribution in [0.1, 0.15) is 31.5 Å². The third-order valence-corrected chi connectivity index (χ3v) is 4.50. The van der Waals surface area contributed by atoms with Gasteiger partial charge in [0.15, 0.2) is 0 Å². The number of hydrogen-bond donors (Lipinski definition) is 2. The monoisotopic (exact) mass is 283 g/mol. The molecule has 0 radical (unpaired) electrons. The van der Waals surface area contributed by atoms with Gasteiger partial charge >= 0.3 is 0 Å². The number of aromatic amines is 2. The molecule has 0 amide bonds. The number of aromatic nitrogens is 3. The van der Waals surface area contributed by atoms with Crippen molar-refractivity contribution in [3.63, 3.8) is 0 Å². The maximum Gasteiger partial charge on any atom is 0.123 e. The van der Waals surface area contributed by atoms with Gasteiger partial charge in [-0.25, -0.2) is 4.39 Å². The summed E-state index contributed by atoms with van der Waals surface area (Å²) in [7, 11) is 0. The molecule has 0 atom stereocenters. The molecule has 2 aromatic heterocycles. The van der Waals surface area contributed by atoms with E-state index in [2.05, 4.69) is 29.0 Å². The average molecular weight is 283 g/mol. The van der Waals surface area contributed by atoms with Crippen LogP contribution >= 0.6 is 0 Å². The van der Waals surface area contributed by atoms with Crippen molar-refractivity contribution >= 4 is 10.9 Å². The Morgan fingerprint density at radius 3 is 2.95 bits per heavy atom. The van der Waals surface area contributed by atoms with Crippen molar-refractivity contribution in [2.75, 3.05) is 0 Å². The first-order valence-electron chi connectivity index (χ1n) is 7.37. The molecule has 0 unspecified atom stereocenters. The number of nitrogens with zero attached hydrogens (tertiary/aromatic N) is 1. The third-order valence-electron chi connectivity index (χ3n) is 4.50. The molecule has 0 saturated heterocycles. The molecule has 3 nitrogen and oxygen atoms in total. The predicted octanol–water partition coefficient (Wildman–Crippen LogP) is 4.21. The Bertz CT molecular complexity index is 826. The highest BCUT2D eigenvalue weighted by molar-refractivity contribution is 5.85. The number of benzene rings is 1. The highest BCUT2D eigenvalue weighted by Gasteiger charge is 2.29. The molecule has 4 rings (SSSR count). The fourth-order valence-electron chi connectivity index (χ4n) is 3.30. The van der Waals surface area contributed by atoms with Crippen LogP contribution in [-0.4, -0.2) is 15.2 Å². The van der Waals surface area contributed by atoms with Gasteiger partial charge < -0.3 is 4.98 Å². The van der Waals surface area contributed by atoms with E-state index in [0.29, 0.717) is 5.41 Å². The zero-order chi connectivity index (χ0) is 14.6. The van der Waals surface area contributed by atoms with Crippen LogP contribution in [0.5, 0.6) is 0 Å². The van der Waals surface area contributed by atoms with Crippen LogP contribution in [0.15, 0.2) is 24.3 Å². The summed E-state index contributed by atoms with van der Waals surface area (Å²) in [4.78, 5) is 3.35. The second-order valence-electron chi connectivity index (χ2n) is 6.78. The van der Waals surface area contributed by atoms with E-state index in [1.54, 1.807) is 12.1 Å². The van der Waals surface area contributed by atoms with Crippen molar-refractivity contribution < 1.29 is 4.39 Å². The van der Waals surface area contributed by atoms with E-state index < -0.39 is 0 Å². The van der Waals surface area contributed by atoms with Crippen molar-refractivity contribution in [3.05, 3.63) is 41.3 Å². The molecule has 3 aromatic rings. The Hall–Kier alpha value is -2.10. The van der Waals surface area contributed by atoms with Crippen molar-refractivity contribution in [2.45, 2.75) is 33.1 Å². The molecular weight excluding hydrogens is 265 g/mol. The van der Waals surface area contributed by atoms with Crippen LogP contribution in [0.25, 0.3) is 22.3 Å². The van der Waals surface area contributed by atoms with E-state index in [1.807, 2.05) is 6.07 Å². The van der Waals surface area contributed by atoms with Gasteiger partial charge in [0.05, 0.1) is 5.69 Å². The number of nitrogens with one attached hydrogen (secondary N) is 2. The first kappa shape index (κ1) is 12.6. The Balaban J connectivity index is 1.81. The highest BCUT2D eigenvalue weighted by Crippen LogP contribution is 2.38. The van der Waals surface area contributed by atoms with Crippen molar-refractivity contribution in [1.29, 1.82) is 0 Å². The van der Waals surface area contributed by atoms with Gasteiger partial charge in [0.1, 0.15) is 11.5 Å². The number of rotatable bonds is 1. The van der Waals surface area contributed by atoms with E-state index in [0.717, 1.165) is 35.1 Å². The summed E-state index contributed by atoms with van der Waals surface area (Å²) in [6.45, 7) is 4.59. The van der Waals surface area contributed by atoms with Gasteiger partial charge in [-0.2, -0.15) is 5.10 Å². The molecule has 2 N–H and O–H groups in total. The first-order chi connectivity index (χ1) is 10.0. The number of halogens is 1. The molecule has 0 saturated carbocycles. The zero-order valence-corrected chi connectivity index (χ0v) is 12.3. The smallest absolute Gasteiger partial charge is 0.123 e. The first-order valence-corrected chi connectivity index (χ1v) is 7.37. The summed E-state index contributed by atoms with van der Waals surface area (Å²) in [6, 6.07) is 6.79. The summed E-state index contributed by atoms with van der Waals surface area (Å²) in [6.07, 6.45) is 3.24. The summed E-state index contributed by atoms with van der Waals surface area (Å²) in [5, 5.41) is 8.58. The fourth-order valence-corrected chi connectivity index (χ4v) is 3.30. The van der Waals surface area contributed by atoms with Crippen LogP contribution in [-0.2, 0) is 12.8 Å². The molecule has 1 aliphatic rings. The molecule has 2 heterocycles. The van der Waals surface area contributed by atoms with Crippen LogP contribution in [0.4, 0.5) is 4.39 Å². The number of hydrogen-bond acceptors (Lipinski definition) is 1. The molecule has 0 spiro atoms. The number of fused-ring (bicyclic) bond motifs is 2. The van der Waals surface area contributed by atoms with Crippen LogP contribution in [0, 0.1) is 11.2 Å². The number of H-pyrrole nitrogens is 2. The summed E-state index contributed by atoms with van der Waals surface area (Å²) in [5.41, 5.74) is 5.78. The topological polar surface area (TPSA) is 44.5 Å². The van der Waals surface area contributed by atoms with Gasteiger partial charge in [-0.05, 0) is 48.9 Å². The van der Waals surface area contributed by atoms with Crippen LogP contribution in [0.3, 0.4) is 0 Å². The minimum atomic E-state index is -0.209. The molecular formula is C17H18FN3. The van der Waals surface area contributed by atoms with E-state index in [-0.39, 0.29) is 5.82 Å². The zero-order valence-electron chi connectivity index (χ0n) is 12.3. The Morgan fingerprint density at radius 1 is 1.24 bits per heavy atom. The van der Waals surface area contributed by atoms with Gasteiger partial charge in [0, 0.05) is 22.2 Å². The largest absolute Gasteiger partial charge is 0.353 e. The second-order valence-corrected chi connectivity index (χ2v) is 6.78. The normalized spacial score (nSPS) is 17.1. The quantitative estimate of drug-likeness (QED) is 0.690. The van der Waals surface area contributed by atoms with E-state index >= 15 is 0 Å². The standard InChI is InChI=1S/C17H18FN3/c1-17(2)6-5-12-15(9-17)20-21-16(12)14-8-10-7-11(18)3-4-13(10)19-14/h3-4,7-8,19H,5-6,9H2,1-2H3,(H,20,21). The van der Waals surface area contributed by atoms with Crippen molar-refractivity contribution in [2.24, 2.45) is 5.41 Å². The molecule has 108 valence electrons. The fraction of sp³-hybridized carbons (Fsp3) is 0.353. The van der Waals surface area contributed by atoms with E-state index in [9.17, 15) is 4.39 Å². The van der Waals surface area contributed by atoms with Gasteiger partial charge in [0.2, 0.25) is 0 Å². The highest BCUT2D eigenvalue weighted by atomic mass is 19.1. The lowest BCUT2D eigenvalue weighted by molar-refractivity contribution is 0.312. The van der Waals surface area contributed by atoms with Gasteiger partial charge in [0.25, 0.3) is 0 Å². The van der Waals surface area contributed by atoms with E-state index in [4.69, 9.17) is 0 Å². The molecule has 1 aromatic carbocycles. The Kier molecular flexibility index (Phi) is 2.52.